The minimum Gasteiger partial charge on any atom is -0.478 e. The lowest BCUT2D eigenvalue weighted by Crippen LogP contribution is -2.10. The van der Waals surface area contributed by atoms with Crippen molar-refractivity contribution in [2.24, 2.45) is 0 Å². The van der Waals surface area contributed by atoms with Crippen molar-refractivity contribution in [3.8, 4) is 22.6 Å². The zero-order chi connectivity index (χ0) is 22.5. The molecule has 1 aliphatic heterocycles. The fourth-order valence-corrected chi connectivity index (χ4v) is 3.45. The quantitative estimate of drug-likeness (QED) is 0.273. The fourth-order valence-electron chi connectivity index (χ4n) is 3.16. The molecule has 0 saturated carbocycles. The maximum Gasteiger partial charge on any atom is 0.417 e. The van der Waals surface area contributed by atoms with Crippen molar-refractivity contribution in [2.45, 2.75) is 6.18 Å². The summed E-state index contributed by atoms with van der Waals surface area (Å²) in [6.07, 6.45) is -4.58. The summed E-state index contributed by atoms with van der Waals surface area (Å²) in [6.45, 7) is 0. The molecule has 0 spiro atoms. The van der Waals surface area contributed by atoms with E-state index in [1.165, 1.54) is 18.2 Å². The van der Waals surface area contributed by atoms with Crippen LogP contribution in [0.15, 0.2) is 48.5 Å². The lowest BCUT2D eigenvalue weighted by molar-refractivity contribution is -0.384. The van der Waals surface area contributed by atoms with Crippen molar-refractivity contribution in [3.05, 3.63) is 74.8 Å². The highest BCUT2D eigenvalue weighted by Gasteiger charge is 2.33. The Morgan fingerprint density at radius 1 is 1.06 bits per heavy atom. The van der Waals surface area contributed by atoms with Crippen molar-refractivity contribution in [1.82, 2.24) is 0 Å². The van der Waals surface area contributed by atoms with Gasteiger partial charge < -0.3 is 15.2 Å². The Bertz CT molecular complexity index is 1260. The normalized spacial score (nSPS) is 12.3. The summed E-state index contributed by atoms with van der Waals surface area (Å²) in [5.41, 5.74) is -0.525. The average Bonchev–Trinajstić information content (AvgIpc) is 2.69. The molecular weight excluding hydrogens is 441 g/mol. The van der Waals surface area contributed by atoms with Crippen molar-refractivity contribution in [1.29, 1.82) is 0 Å². The van der Waals surface area contributed by atoms with Gasteiger partial charge in [0, 0.05) is 6.07 Å². The van der Waals surface area contributed by atoms with Gasteiger partial charge in [-0.25, -0.2) is 4.79 Å². The summed E-state index contributed by atoms with van der Waals surface area (Å²) >= 11 is 5.79. The van der Waals surface area contributed by atoms with Crippen molar-refractivity contribution in [3.63, 3.8) is 0 Å². The van der Waals surface area contributed by atoms with Crippen LogP contribution in [0.5, 0.6) is 11.5 Å². The summed E-state index contributed by atoms with van der Waals surface area (Å²) in [7, 11) is 0. The highest BCUT2D eigenvalue weighted by atomic mass is 35.5. The Hall–Kier alpha value is -3.79. The largest absolute Gasteiger partial charge is 0.478 e. The van der Waals surface area contributed by atoms with Crippen LogP contribution in [-0.4, -0.2) is 16.0 Å². The number of benzene rings is 3. The van der Waals surface area contributed by atoms with Gasteiger partial charge in [0.2, 0.25) is 0 Å². The van der Waals surface area contributed by atoms with E-state index in [0.29, 0.717) is 16.8 Å². The minimum absolute atomic E-state index is 0.0215. The van der Waals surface area contributed by atoms with Gasteiger partial charge >= 0.3 is 12.1 Å². The maximum absolute atomic E-state index is 12.9. The molecule has 0 fully saturated rings. The van der Waals surface area contributed by atoms with Crippen LogP contribution in [0.25, 0.3) is 11.1 Å². The summed E-state index contributed by atoms with van der Waals surface area (Å²) in [5, 5.41) is 22.9. The number of aromatic carboxylic acids is 1. The van der Waals surface area contributed by atoms with E-state index in [1.54, 1.807) is 12.1 Å². The van der Waals surface area contributed by atoms with Gasteiger partial charge in [-0.05, 0) is 35.4 Å². The molecule has 0 aliphatic carbocycles. The van der Waals surface area contributed by atoms with Gasteiger partial charge in [-0.1, -0.05) is 23.7 Å². The number of alkyl halides is 3. The van der Waals surface area contributed by atoms with Crippen LogP contribution in [0.2, 0.25) is 5.02 Å². The second-order valence-corrected chi connectivity index (χ2v) is 6.97. The molecule has 0 saturated heterocycles. The van der Waals surface area contributed by atoms with E-state index >= 15 is 0 Å². The topological polar surface area (TPSA) is 102 Å². The van der Waals surface area contributed by atoms with E-state index in [1.807, 2.05) is 0 Å². The predicted octanol–water partition coefficient (Wildman–Crippen LogP) is 6.48. The molecule has 0 unspecified atom stereocenters. The predicted molar refractivity (Wildman–Crippen MR) is 105 cm³/mol. The number of fused-ring (bicyclic) bond motifs is 2. The Morgan fingerprint density at radius 3 is 2.35 bits per heavy atom. The Labute approximate surface area is 176 Å². The standard InChI is InChI=1S/C20H10ClF3N2O5/c21-14-5-9(1-3-13(14)20(22,23)24)10-2-4-16-15(6-10)25-18-12(19(27)28)7-11(26(29)30)8-17(18)31-16/h1-8,25H,(H,27,28). The molecular formula is C20H10ClF3N2O5. The Kier molecular flexibility index (Phi) is 4.74. The van der Waals surface area contributed by atoms with Crippen molar-refractivity contribution >= 4 is 34.6 Å². The van der Waals surface area contributed by atoms with E-state index in [4.69, 9.17) is 16.3 Å². The van der Waals surface area contributed by atoms with Crippen LogP contribution in [-0.2, 0) is 6.18 Å². The zero-order valence-electron chi connectivity index (χ0n) is 15.2. The van der Waals surface area contributed by atoms with E-state index in [9.17, 15) is 33.2 Å². The van der Waals surface area contributed by atoms with Gasteiger partial charge in [0.1, 0.15) is 0 Å². The third-order valence-electron chi connectivity index (χ3n) is 4.60. The maximum atomic E-state index is 12.9. The molecule has 7 nitrogen and oxygen atoms in total. The number of nitrogens with one attached hydrogen (secondary N) is 1. The first-order valence-electron chi connectivity index (χ1n) is 8.56. The number of carboxylic acids is 1. The molecule has 0 bridgehead atoms. The Morgan fingerprint density at radius 2 is 1.74 bits per heavy atom. The van der Waals surface area contributed by atoms with Crippen LogP contribution >= 0.6 is 11.6 Å². The first-order chi connectivity index (χ1) is 14.5. The molecule has 3 aromatic carbocycles. The summed E-state index contributed by atoms with van der Waals surface area (Å²) < 4.78 is 44.4. The molecule has 4 rings (SSSR count). The van der Waals surface area contributed by atoms with Gasteiger partial charge in [0.25, 0.3) is 5.69 Å². The number of nitro groups is 1. The second-order valence-electron chi connectivity index (χ2n) is 6.56. The van der Waals surface area contributed by atoms with Gasteiger partial charge in [0.05, 0.1) is 38.5 Å². The fraction of sp³-hybridized carbons (Fsp3) is 0.0500. The second kappa shape index (κ2) is 7.17. The van der Waals surface area contributed by atoms with Gasteiger partial charge in [-0.15, -0.1) is 0 Å². The molecule has 0 atom stereocenters. The summed E-state index contributed by atoms with van der Waals surface area (Å²) in [6, 6.07) is 9.94. The minimum atomic E-state index is -4.58. The van der Waals surface area contributed by atoms with Crippen LogP contribution < -0.4 is 10.1 Å². The zero-order valence-corrected chi connectivity index (χ0v) is 15.9. The molecule has 1 aliphatic rings. The van der Waals surface area contributed by atoms with Crippen LogP contribution in [0, 0.1) is 10.1 Å². The number of carbonyl (C=O) groups is 1. The molecule has 1 heterocycles. The number of rotatable bonds is 3. The number of hydrogen-bond donors (Lipinski definition) is 2. The molecule has 0 radical (unpaired) electrons. The molecule has 11 heteroatoms. The number of anilines is 2. The highest BCUT2D eigenvalue weighted by molar-refractivity contribution is 6.31. The number of carboxylic acid groups (broad SMARTS) is 1. The average molecular weight is 451 g/mol. The number of nitrogens with zero attached hydrogens (tertiary/aromatic N) is 1. The van der Waals surface area contributed by atoms with Gasteiger partial charge in [-0.3, -0.25) is 10.1 Å². The number of halogens is 4. The monoisotopic (exact) mass is 450 g/mol. The van der Waals surface area contributed by atoms with Crippen molar-refractivity contribution < 1.29 is 32.7 Å². The molecule has 2 N–H and O–H groups in total. The number of nitro benzene ring substituents is 1. The molecule has 0 aromatic heterocycles. The third-order valence-corrected chi connectivity index (χ3v) is 4.91. The summed E-state index contributed by atoms with van der Waals surface area (Å²) in [4.78, 5) is 21.9. The summed E-state index contributed by atoms with van der Waals surface area (Å²) in [5.74, 6) is -1.18. The number of ether oxygens (including phenoxy) is 1. The van der Waals surface area contributed by atoms with E-state index in [-0.39, 0.29) is 22.7 Å². The molecule has 31 heavy (non-hydrogen) atoms. The van der Waals surface area contributed by atoms with E-state index in [2.05, 4.69) is 5.32 Å². The van der Waals surface area contributed by atoms with Crippen LogP contribution in [0.3, 0.4) is 0 Å². The first-order valence-corrected chi connectivity index (χ1v) is 8.94. The number of hydrogen-bond acceptors (Lipinski definition) is 5. The number of non-ortho nitro benzene ring substituents is 1. The van der Waals surface area contributed by atoms with Crippen molar-refractivity contribution in [2.75, 3.05) is 5.32 Å². The third kappa shape index (κ3) is 3.73. The van der Waals surface area contributed by atoms with Gasteiger partial charge in [-0.2, -0.15) is 13.2 Å². The first kappa shape index (κ1) is 20.5. The lowest BCUT2D eigenvalue weighted by Gasteiger charge is -2.23. The highest BCUT2D eigenvalue weighted by Crippen LogP contribution is 2.47. The smallest absolute Gasteiger partial charge is 0.417 e. The SMILES string of the molecule is O=C(O)c1cc([N+](=O)[O-])cc2c1Nc1cc(-c3ccc(C(F)(F)F)c(Cl)c3)ccc1O2. The van der Waals surface area contributed by atoms with Gasteiger partial charge in [0.15, 0.2) is 11.5 Å². The van der Waals surface area contributed by atoms with E-state index in [0.717, 1.165) is 18.2 Å². The molecule has 0 amide bonds. The van der Waals surface area contributed by atoms with Crippen LogP contribution in [0.4, 0.5) is 30.2 Å². The van der Waals surface area contributed by atoms with E-state index < -0.39 is 33.3 Å². The molecule has 3 aromatic rings. The van der Waals surface area contributed by atoms with Crippen LogP contribution in [0.1, 0.15) is 15.9 Å². The lowest BCUT2D eigenvalue weighted by atomic mass is 10.0. The molecule has 158 valence electrons. The Balaban J connectivity index is 1.75.